The highest BCUT2D eigenvalue weighted by Gasteiger charge is 2.22. The summed E-state index contributed by atoms with van der Waals surface area (Å²) in [7, 11) is 0. The normalized spacial score (nSPS) is 18.2. The van der Waals surface area contributed by atoms with Crippen LogP contribution in [-0.2, 0) is 6.54 Å². The lowest BCUT2D eigenvalue weighted by Gasteiger charge is -2.29. The molecule has 0 aromatic carbocycles. The molecule has 120 valence electrons. The molecule has 1 aliphatic heterocycles. The van der Waals surface area contributed by atoms with Crippen LogP contribution in [0.1, 0.15) is 69.9 Å². The van der Waals surface area contributed by atoms with E-state index in [1.54, 1.807) is 0 Å². The van der Waals surface area contributed by atoms with Crippen LogP contribution >= 0.6 is 11.3 Å². The molecule has 2 heterocycles. The number of aromatic nitrogens is 1. The van der Waals surface area contributed by atoms with E-state index in [0.717, 1.165) is 19.0 Å². The fraction of sp³-hybridized carbons (Fsp3) is 0.824. The van der Waals surface area contributed by atoms with Gasteiger partial charge in [0, 0.05) is 24.5 Å². The molecule has 1 atom stereocenters. The van der Waals surface area contributed by atoms with Gasteiger partial charge in [-0.1, -0.05) is 27.7 Å². The van der Waals surface area contributed by atoms with Crippen LogP contribution in [0.2, 0.25) is 0 Å². The topological polar surface area (TPSA) is 28.2 Å². The number of thiazole rings is 1. The van der Waals surface area contributed by atoms with Crippen molar-refractivity contribution in [2.24, 2.45) is 5.92 Å². The molecule has 1 unspecified atom stereocenters. The maximum Gasteiger partial charge on any atom is 0.185 e. The van der Waals surface area contributed by atoms with Crippen LogP contribution in [0, 0.1) is 5.92 Å². The monoisotopic (exact) mass is 309 g/mol. The summed E-state index contributed by atoms with van der Waals surface area (Å²) in [5, 5.41) is 4.80. The highest BCUT2D eigenvalue weighted by atomic mass is 32.1. The first-order valence-electron chi connectivity index (χ1n) is 8.60. The fourth-order valence-electron chi connectivity index (χ4n) is 2.77. The Morgan fingerprint density at radius 2 is 2.05 bits per heavy atom. The second-order valence-electron chi connectivity index (χ2n) is 6.46. The minimum Gasteiger partial charge on any atom is -0.348 e. The molecule has 1 saturated heterocycles. The standard InChI is InChI=1S/C17H31N3S/c1-5-9-18-12-15-16(14(4)6-2)19-17(21-15)20-10-7-13(3)8-11-20/h13-14,18H,5-12H2,1-4H3. The second-order valence-corrected chi connectivity index (χ2v) is 7.52. The van der Waals surface area contributed by atoms with Crippen molar-refractivity contribution in [2.75, 3.05) is 24.5 Å². The number of piperidine rings is 1. The molecule has 3 nitrogen and oxygen atoms in total. The summed E-state index contributed by atoms with van der Waals surface area (Å²) in [5.41, 5.74) is 1.33. The number of nitrogens with zero attached hydrogens (tertiary/aromatic N) is 2. The van der Waals surface area contributed by atoms with E-state index < -0.39 is 0 Å². The van der Waals surface area contributed by atoms with Gasteiger partial charge in [-0.3, -0.25) is 0 Å². The third-order valence-electron chi connectivity index (χ3n) is 4.56. The summed E-state index contributed by atoms with van der Waals surface area (Å²) >= 11 is 1.91. The molecule has 1 aromatic rings. The zero-order valence-electron chi connectivity index (χ0n) is 14.1. The smallest absolute Gasteiger partial charge is 0.185 e. The second kappa shape index (κ2) is 8.14. The number of nitrogens with one attached hydrogen (secondary N) is 1. The fourth-order valence-corrected chi connectivity index (χ4v) is 3.97. The van der Waals surface area contributed by atoms with Gasteiger partial charge in [-0.15, -0.1) is 11.3 Å². The van der Waals surface area contributed by atoms with Gasteiger partial charge in [0.15, 0.2) is 5.13 Å². The Morgan fingerprint density at radius 3 is 2.67 bits per heavy atom. The van der Waals surface area contributed by atoms with Crippen molar-refractivity contribution in [3.8, 4) is 0 Å². The van der Waals surface area contributed by atoms with E-state index in [1.807, 2.05) is 11.3 Å². The molecule has 21 heavy (non-hydrogen) atoms. The van der Waals surface area contributed by atoms with Crippen molar-refractivity contribution in [2.45, 2.75) is 65.8 Å². The summed E-state index contributed by atoms with van der Waals surface area (Å²) in [4.78, 5) is 8.96. The molecule has 1 N–H and O–H groups in total. The number of rotatable bonds is 7. The van der Waals surface area contributed by atoms with E-state index in [2.05, 4.69) is 37.9 Å². The Labute approximate surface area is 134 Å². The first-order valence-corrected chi connectivity index (χ1v) is 9.42. The van der Waals surface area contributed by atoms with Gasteiger partial charge in [0.1, 0.15) is 0 Å². The van der Waals surface area contributed by atoms with Gasteiger partial charge in [-0.25, -0.2) is 4.98 Å². The summed E-state index contributed by atoms with van der Waals surface area (Å²) in [6.45, 7) is 13.6. The molecule has 1 aliphatic rings. The van der Waals surface area contributed by atoms with Gasteiger partial charge in [0.05, 0.1) is 5.69 Å². The van der Waals surface area contributed by atoms with Gasteiger partial charge >= 0.3 is 0 Å². The maximum absolute atomic E-state index is 5.01. The molecule has 0 bridgehead atoms. The van der Waals surface area contributed by atoms with Crippen molar-refractivity contribution >= 4 is 16.5 Å². The van der Waals surface area contributed by atoms with Crippen molar-refractivity contribution in [3.05, 3.63) is 10.6 Å². The van der Waals surface area contributed by atoms with Crippen molar-refractivity contribution < 1.29 is 0 Å². The zero-order valence-corrected chi connectivity index (χ0v) is 14.9. The van der Waals surface area contributed by atoms with E-state index in [4.69, 9.17) is 4.98 Å². The lowest BCUT2D eigenvalue weighted by molar-refractivity contribution is 0.438. The van der Waals surface area contributed by atoms with Crippen LogP contribution in [0.3, 0.4) is 0 Å². The van der Waals surface area contributed by atoms with Crippen LogP contribution in [0.25, 0.3) is 0 Å². The van der Waals surface area contributed by atoms with E-state index in [0.29, 0.717) is 5.92 Å². The summed E-state index contributed by atoms with van der Waals surface area (Å²) < 4.78 is 0. The van der Waals surface area contributed by atoms with E-state index in [1.165, 1.54) is 54.5 Å². The molecular weight excluding hydrogens is 278 g/mol. The highest BCUT2D eigenvalue weighted by molar-refractivity contribution is 7.15. The molecule has 0 aliphatic carbocycles. The summed E-state index contributed by atoms with van der Waals surface area (Å²) in [6, 6.07) is 0. The molecule has 2 rings (SSSR count). The van der Waals surface area contributed by atoms with Gasteiger partial charge in [-0.2, -0.15) is 0 Å². The van der Waals surface area contributed by atoms with Crippen LogP contribution in [0.5, 0.6) is 0 Å². The molecule has 4 heteroatoms. The minimum absolute atomic E-state index is 0.567. The molecule has 1 aromatic heterocycles. The average molecular weight is 310 g/mol. The van der Waals surface area contributed by atoms with Crippen LogP contribution in [-0.4, -0.2) is 24.6 Å². The van der Waals surface area contributed by atoms with E-state index in [9.17, 15) is 0 Å². The van der Waals surface area contributed by atoms with Gasteiger partial charge < -0.3 is 10.2 Å². The van der Waals surface area contributed by atoms with Crippen molar-refractivity contribution in [1.29, 1.82) is 0 Å². The van der Waals surface area contributed by atoms with Crippen LogP contribution < -0.4 is 10.2 Å². The van der Waals surface area contributed by atoms with Crippen LogP contribution in [0.15, 0.2) is 0 Å². The number of anilines is 1. The Kier molecular flexibility index (Phi) is 6.49. The highest BCUT2D eigenvalue weighted by Crippen LogP contribution is 2.34. The van der Waals surface area contributed by atoms with Crippen molar-refractivity contribution in [3.63, 3.8) is 0 Å². The van der Waals surface area contributed by atoms with E-state index in [-0.39, 0.29) is 0 Å². The molecule has 0 spiro atoms. The zero-order chi connectivity index (χ0) is 15.2. The quantitative estimate of drug-likeness (QED) is 0.757. The lowest BCUT2D eigenvalue weighted by Crippen LogP contribution is -2.32. The SMILES string of the molecule is CCCNCc1sc(N2CCC(C)CC2)nc1C(C)CC. The van der Waals surface area contributed by atoms with E-state index >= 15 is 0 Å². The largest absolute Gasteiger partial charge is 0.348 e. The predicted octanol–water partition coefficient (Wildman–Crippen LogP) is 4.39. The summed E-state index contributed by atoms with van der Waals surface area (Å²) in [5.74, 6) is 1.44. The Hall–Kier alpha value is -0.610. The summed E-state index contributed by atoms with van der Waals surface area (Å²) in [6.07, 6.45) is 4.97. The Balaban J connectivity index is 2.11. The number of hydrogen-bond donors (Lipinski definition) is 1. The Bertz CT molecular complexity index is 422. The molecule has 1 fully saturated rings. The first-order chi connectivity index (χ1) is 10.2. The third-order valence-corrected chi connectivity index (χ3v) is 5.69. The molecule has 0 amide bonds. The average Bonchev–Trinajstić information content (AvgIpc) is 2.91. The maximum atomic E-state index is 5.01. The van der Waals surface area contributed by atoms with Gasteiger partial charge in [-0.05, 0) is 44.1 Å². The Morgan fingerprint density at radius 1 is 1.33 bits per heavy atom. The molecular formula is C17H31N3S. The molecule has 0 saturated carbocycles. The van der Waals surface area contributed by atoms with Crippen LogP contribution in [0.4, 0.5) is 5.13 Å². The lowest BCUT2D eigenvalue weighted by atomic mass is 10.00. The van der Waals surface area contributed by atoms with Crippen molar-refractivity contribution in [1.82, 2.24) is 10.3 Å². The molecule has 0 radical (unpaired) electrons. The minimum atomic E-state index is 0.567. The van der Waals surface area contributed by atoms with Gasteiger partial charge in [0.2, 0.25) is 0 Å². The first kappa shape index (κ1) is 16.8. The van der Waals surface area contributed by atoms with Gasteiger partial charge in [0.25, 0.3) is 0 Å². The predicted molar refractivity (Wildman–Crippen MR) is 93.4 cm³/mol. The third kappa shape index (κ3) is 4.43. The number of hydrogen-bond acceptors (Lipinski definition) is 4.